The van der Waals surface area contributed by atoms with Crippen molar-refractivity contribution in [1.29, 1.82) is 0 Å². The molecular weight excluding hydrogens is 348 g/mol. The number of rotatable bonds is 6. The van der Waals surface area contributed by atoms with E-state index in [0.717, 1.165) is 0 Å². The Morgan fingerprint density at radius 3 is 2.68 bits per heavy atom. The molecule has 0 aromatic heterocycles. The molecule has 0 bridgehead atoms. The van der Waals surface area contributed by atoms with Gasteiger partial charge in [-0.3, -0.25) is 19.7 Å². The largest absolute Gasteiger partial charge is 0.343 e. The molecule has 0 unspecified atom stereocenters. The third-order valence-corrected chi connectivity index (χ3v) is 3.22. The van der Waals surface area contributed by atoms with Crippen molar-refractivity contribution in [3.63, 3.8) is 0 Å². The maximum Gasteiger partial charge on any atom is 0.270 e. The molecule has 2 aromatic rings. The highest BCUT2D eigenvalue weighted by Gasteiger charge is 2.08. The summed E-state index contributed by atoms with van der Waals surface area (Å²) in [5, 5.41) is 17.2. The van der Waals surface area contributed by atoms with Crippen LogP contribution in [0.15, 0.2) is 53.6 Å². The molecule has 9 heteroatoms. The molecule has 0 saturated heterocycles. The van der Waals surface area contributed by atoms with Crippen molar-refractivity contribution in [2.45, 2.75) is 0 Å². The van der Waals surface area contributed by atoms with Gasteiger partial charge >= 0.3 is 0 Å². The van der Waals surface area contributed by atoms with Crippen LogP contribution in [-0.2, 0) is 4.79 Å². The predicted octanol–water partition coefficient (Wildman–Crippen LogP) is 2.13. The summed E-state index contributed by atoms with van der Waals surface area (Å²) in [6, 6.07) is 12.1. The van der Waals surface area contributed by atoms with E-state index < -0.39 is 16.7 Å². The van der Waals surface area contributed by atoms with Gasteiger partial charge in [-0.25, -0.2) is 5.43 Å². The highest BCUT2D eigenvalue weighted by atomic mass is 35.5. The third kappa shape index (κ3) is 5.70. The van der Waals surface area contributed by atoms with Crippen LogP contribution in [0.1, 0.15) is 15.9 Å². The number of halogens is 1. The summed E-state index contributed by atoms with van der Waals surface area (Å²) < 4.78 is 0. The summed E-state index contributed by atoms with van der Waals surface area (Å²) in [6.45, 7) is -0.280. The van der Waals surface area contributed by atoms with Gasteiger partial charge in [-0.2, -0.15) is 5.10 Å². The second-order valence-corrected chi connectivity index (χ2v) is 5.27. The quantitative estimate of drug-likeness (QED) is 0.466. The lowest BCUT2D eigenvalue weighted by Crippen LogP contribution is -2.34. The number of nitrogens with one attached hydrogen (secondary N) is 2. The van der Waals surface area contributed by atoms with E-state index in [4.69, 9.17) is 11.6 Å². The van der Waals surface area contributed by atoms with E-state index in [9.17, 15) is 19.7 Å². The number of non-ortho nitro benzene ring substituents is 1. The normalized spacial score (nSPS) is 10.4. The molecule has 2 rings (SSSR count). The summed E-state index contributed by atoms with van der Waals surface area (Å²) in [4.78, 5) is 33.6. The van der Waals surface area contributed by atoms with E-state index in [-0.39, 0.29) is 12.2 Å². The number of hydrazone groups is 1. The number of nitro benzene ring substituents is 1. The van der Waals surface area contributed by atoms with Crippen molar-refractivity contribution in [3.05, 3.63) is 74.8 Å². The van der Waals surface area contributed by atoms with E-state index in [1.807, 2.05) is 0 Å². The van der Waals surface area contributed by atoms with E-state index >= 15 is 0 Å². The smallest absolute Gasteiger partial charge is 0.270 e. The van der Waals surface area contributed by atoms with Crippen molar-refractivity contribution in [2.24, 2.45) is 5.10 Å². The SMILES string of the molecule is O=C(CNC(=O)c1cccc(Cl)c1)N/N=C/c1cccc([N+](=O)[O-])c1. The number of amides is 2. The van der Waals surface area contributed by atoms with Crippen LogP contribution in [0, 0.1) is 10.1 Å². The molecular formula is C16H13ClN4O4. The van der Waals surface area contributed by atoms with Gasteiger partial charge in [0.25, 0.3) is 17.5 Å². The minimum Gasteiger partial charge on any atom is -0.343 e. The van der Waals surface area contributed by atoms with Crippen molar-refractivity contribution in [2.75, 3.05) is 6.54 Å². The molecule has 0 radical (unpaired) electrons. The van der Waals surface area contributed by atoms with Gasteiger partial charge in [0.05, 0.1) is 17.7 Å². The molecule has 2 aromatic carbocycles. The molecule has 0 heterocycles. The second kappa shape index (κ2) is 8.55. The molecule has 0 aliphatic carbocycles. The Balaban J connectivity index is 1.83. The molecule has 8 nitrogen and oxygen atoms in total. The fraction of sp³-hybridized carbons (Fsp3) is 0.0625. The van der Waals surface area contributed by atoms with Crippen LogP contribution in [0.5, 0.6) is 0 Å². The fourth-order valence-electron chi connectivity index (χ4n) is 1.83. The molecule has 2 amide bonds. The van der Waals surface area contributed by atoms with E-state index in [2.05, 4.69) is 15.8 Å². The topological polar surface area (TPSA) is 114 Å². The number of carbonyl (C=O) groups excluding carboxylic acids is 2. The molecule has 25 heavy (non-hydrogen) atoms. The lowest BCUT2D eigenvalue weighted by molar-refractivity contribution is -0.384. The average Bonchev–Trinajstić information content (AvgIpc) is 2.60. The Hall–Kier alpha value is -3.26. The lowest BCUT2D eigenvalue weighted by Gasteiger charge is -2.04. The number of carbonyl (C=O) groups is 2. The number of hydrogen-bond donors (Lipinski definition) is 2. The Kier molecular flexibility index (Phi) is 6.19. The Labute approximate surface area is 147 Å². The minimum atomic E-state index is -0.544. The molecule has 0 aliphatic rings. The summed E-state index contributed by atoms with van der Waals surface area (Å²) in [5.74, 6) is -0.989. The predicted molar refractivity (Wildman–Crippen MR) is 92.6 cm³/mol. The first kappa shape index (κ1) is 18.1. The summed E-state index contributed by atoms with van der Waals surface area (Å²) in [5.41, 5.74) is 2.93. The van der Waals surface area contributed by atoms with Crippen LogP contribution in [-0.4, -0.2) is 29.5 Å². The molecule has 0 fully saturated rings. The van der Waals surface area contributed by atoms with E-state index in [1.165, 1.54) is 30.5 Å². The third-order valence-electron chi connectivity index (χ3n) is 2.98. The van der Waals surface area contributed by atoms with Gasteiger partial charge in [0, 0.05) is 28.3 Å². The molecule has 0 atom stereocenters. The first-order valence-electron chi connectivity index (χ1n) is 7.06. The maximum absolute atomic E-state index is 11.8. The van der Waals surface area contributed by atoms with Crippen molar-refractivity contribution in [3.8, 4) is 0 Å². The molecule has 0 aliphatic heterocycles. The van der Waals surface area contributed by atoms with Gasteiger partial charge in [-0.05, 0) is 18.2 Å². The first-order chi connectivity index (χ1) is 12.0. The highest BCUT2D eigenvalue weighted by Crippen LogP contribution is 2.11. The Morgan fingerprint density at radius 2 is 1.96 bits per heavy atom. The summed E-state index contributed by atoms with van der Waals surface area (Å²) in [6.07, 6.45) is 1.27. The molecule has 2 N–H and O–H groups in total. The number of benzene rings is 2. The van der Waals surface area contributed by atoms with Crippen LogP contribution >= 0.6 is 11.6 Å². The van der Waals surface area contributed by atoms with Gasteiger partial charge in [0.15, 0.2) is 0 Å². The van der Waals surface area contributed by atoms with Crippen LogP contribution in [0.3, 0.4) is 0 Å². The molecule has 0 spiro atoms. The van der Waals surface area contributed by atoms with Gasteiger partial charge in [-0.15, -0.1) is 0 Å². The molecule has 128 valence electrons. The van der Waals surface area contributed by atoms with Crippen molar-refractivity contribution >= 4 is 35.3 Å². The monoisotopic (exact) mass is 360 g/mol. The van der Waals surface area contributed by atoms with Crippen molar-refractivity contribution in [1.82, 2.24) is 10.7 Å². The van der Waals surface area contributed by atoms with Crippen LogP contribution in [0.4, 0.5) is 5.69 Å². The summed E-state index contributed by atoms with van der Waals surface area (Å²) in [7, 11) is 0. The maximum atomic E-state index is 11.8. The zero-order chi connectivity index (χ0) is 18.2. The second-order valence-electron chi connectivity index (χ2n) is 4.84. The fourth-order valence-corrected chi connectivity index (χ4v) is 2.02. The van der Waals surface area contributed by atoms with Gasteiger partial charge in [0.2, 0.25) is 0 Å². The zero-order valence-electron chi connectivity index (χ0n) is 12.8. The number of nitrogens with zero attached hydrogens (tertiary/aromatic N) is 2. The standard InChI is InChI=1S/C16H13ClN4O4/c17-13-5-2-4-12(8-13)16(23)18-10-15(22)20-19-9-11-3-1-6-14(7-11)21(24)25/h1-9H,10H2,(H,18,23)(H,20,22)/b19-9+. The van der Waals surface area contributed by atoms with Gasteiger partial charge in [0.1, 0.15) is 0 Å². The number of nitro groups is 1. The summed E-state index contributed by atoms with van der Waals surface area (Å²) >= 11 is 5.79. The number of hydrogen-bond acceptors (Lipinski definition) is 5. The van der Waals surface area contributed by atoms with E-state index in [0.29, 0.717) is 16.1 Å². The minimum absolute atomic E-state index is 0.0796. The first-order valence-corrected chi connectivity index (χ1v) is 7.43. The van der Waals surface area contributed by atoms with Crippen LogP contribution < -0.4 is 10.7 Å². The zero-order valence-corrected chi connectivity index (χ0v) is 13.6. The van der Waals surface area contributed by atoms with Crippen molar-refractivity contribution < 1.29 is 14.5 Å². The highest BCUT2D eigenvalue weighted by molar-refractivity contribution is 6.30. The van der Waals surface area contributed by atoms with Gasteiger partial charge < -0.3 is 5.32 Å². The van der Waals surface area contributed by atoms with Crippen LogP contribution in [0.2, 0.25) is 5.02 Å². The van der Waals surface area contributed by atoms with Crippen LogP contribution in [0.25, 0.3) is 0 Å². The van der Waals surface area contributed by atoms with E-state index in [1.54, 1.807) is 24.3 Å². The molecule has 0 saturated carbocycles. The van der Waals surface area contributed by atoms with Gasteiger partial charge in [-0.1, -0.05) is 29.8 Å². The Bertz CT molecular complexity index is 838. The Morgan fingerprint density at radius 1 is 1.20 bits per heavy atom. The average molecular weight is 361 g/mol. The lowest BCUT2D eigenvalue weighted by atomic mass is 10.2.